The quantitative estimate of drug-likeness (QED) is 0.0748. The van der Waals surface area contributed by atoms with Crippen LogP contribution in [0.5, 0.6) is 5.88 Å². The Morgan fingerprint density at radius 1 is 0.795 bits per heavy atom. The summed E-state index contributed by atoms with van der Waals surface area (Å²) in [5, 5.41) is 0. The third kappa shape index (κ3) is 15.1. The van der Waals surface area contributed by atoms with E-state index in [1.807, 2.05) is 0 Å². The second-order valence-corrected chi connectivity index (χ2v) is 12.0. The van der Waals surface area contributed by atoms with Gasteiger partial charge in [0.15, 0.2) is 0 Å². The summed E-state index contributed by atoms with van der Waals surface area (Å²) in [6.45, 7) is 7.51. The highest BCUT2D eigenvalue weighted by molar-refractivity contribution is 6.99. The van der Waals surface area contributed by atoms with Gasteiger partial charge >= 0.3 is 6.16 Å². The van der Waals surface area contributed by atoms with Crippen LogP contribution in [-0.4, -0.2) is 59.5 Å². The first kappa shape index (κ1) is 33.5. The van der Waals surface area contributed by atoms with Crippen LogP contribution in [0.25, 0.3) is 5.57 Å². The molecule has 1 unspecified atom stereocenters. The number of nitrogens with zero attached hydrogens (tertiary/aromatic N) is 3. The summed E-state index contributed by atoms with van der Waals surface area (Å²) in [6.07, 6.45) is 24.1. The number of hydrogen-bond acceptors (Lipinski definition) is 7. The van der Waals surface area contributed by atoms with Gasteiger partial charge < -0.3 is 14.2 Å². The van der Waals surface area contributed by atoms with E-state index in [9.17, 15) is 4.79 Å². The lowest BCUT2D eigenvalue weighted by Gasteiger charge is -2.36. The molecular formula is C31H56N3O4S+. The molecule has 0 fully saturated rings. The third-order valence-corrected chi connectivity index (χ3v) is 8.08. The molecule has 0 bridgehead atoms. The number of ether oxygens (including phenoxy) is 3. The molecule has 0 amide bonds. The SMILES string of the molecule is CCCCCCCCCCCCCCCOC(=O)OC[N+]1(C)CCC=C(c2nsnc2OCCCCCC)C1. The summed E-state index contributed by atoms with van der Waals surface area (Å²) < 4.78 is 26.3. The molecule has 1 aliphatic rings. The molecule has 2 heterocycles. The molecular weight excluding hydrogens is 510 g/mol. The second kappa shape index (κ2) is 21.1. The van der Waals surface area contributed by atoms with Gasteiger partial charge in [-0.2, -0.15) is 4.37 Å². The highest BCUT2D eigenvalue weighted by Gasteiger charge is 2.31. The van der Waals surface area contributed by atoms with Crippen molar-refractivity contribution in [3.63, 3.8) is 0 Å². The van der Waals surface area contributed by atoms with Gasteiger partial charge in [0.1, 0.15) is 12.2 Å². The van der Waals surface area contributed by atoms with Crippen molar-refractivity contribution in [2.45, 2.75) is 129 Å². The van der Waals surface area contributed by atoms with Crippen LogP contribution in [0.15, 0.2) is 6.08 Å². The standard InChI is InChI=1S/C31H56N3O4S/c1-4-6-8-10-11-12-13-14-15-16-17-18-20-25-37-31(35)38-27-34(3)23-21-22-28(26-34)29-30(33-39-32-29)36-24-19-9-7-5-2/h22H,4-21,23-27H2,1-3H3/q+1. The molecule has 0 spiro atoms. The van der Waals surface area contributed by atoms with E-state index >= 15 is 0 Å². The van der Waals surface area contributed by atoms with Gasteiger partial charge in [-0.3, -0.25) is 4.48 Å². The van der Waals surface area contributed by atoms with Gasteiger partial charge in [-0.1, -0.05) is 116 Å². The Morgan fingerprint density at radius 2 is 1.36 bits per heavy atom. The molecule has 0 radical (unpaired) electrons. The molecule has 1 aromatic rings. The lowest BCUT2D eigenvalue weighted by molar-refractivity contribution is -0.919. The number of likely N-dealkylation sites (N-methyl/N-ethyl adjacent to an activating group) is 1. The van der Waals surface area contributed by atoms with Crippen LogP contribution >= 0.6 is 11.7 Å². The fraction of sp³-hybridized carbons (Fsp3) is 0.839. The summed E-state index contributed by atoms with van der Waals surface area (Å²) in [4.78, 5) is 12.2. The van der Waals surface area contributed by atoms with Crippen molar-refractivity contribution in [1.82, 2.24) is 8.75 Å². The number of carbonyl (C=O) groups is 1. The number of rotatable bonds is 23. The Labute approximate surface area is 242 Å². The van der Waals surface area contributed by atoms with E-state index < -0.39 is 6.16 Å². The van der Waals surface area contributed by atoms with Gasteiger partial charge in [0.05, 0.1) is 38.5 Å². The smallest absolute Gasteiger partial charge is 0.475 e. The average molecular weight is 567 g/mol. The van der Waals surface area contributed by atoms with E-state index in [2.05, 4.69) is 35.7 Å². The monoisotopic (exact) mass is 566 g/mol. The molecule has 0 saturated heterocycles. The van der Waals surface area contributed by atoms with Gasteiger partial charge in [-0.25, -0.2) is 4.79 Å². The van der Waals surface area contributed by atoms with Crippen molar-refractivity contribution in [3.8, 4) is 5.88 Å². The van der Waals surface area contributed by atoms with Gasteiger partial charge in [0.2, 0.25) is 6.73 Å². The first-order valence-corrected chi connectivity index (χ1v) is 16.6. The van der Waals surface area contributed by atoms with Crippen molar-refractivity contribution >= 4 is 23.5 Å². The number of quaternary nitrogens is 1. The van der Waals surface area contributed by atoms with Crippen LogP contribution in [0.4, 0.5) is 4.79 Å². The minimum absolute atomic E-state index is 0.291. The number of hydrogen-bond donors (Lipinski definition) is 0. The Balaban J connectivity index is 1.53. The highest BCUT2D eigenvalue weighted by atomic mass is 32.1. The van der Waals surface area contributed by atoms with Crippen LogP contribution in [0, 0.1) is 0 Å². The van der Waals surface area contributed by atoms with Crippen molar-refractivity contribution in [2.75, 3.05) is 40.1 Å². The highest BCUT2D eigenvalue weighted by Crippen LogP contribution is 2.30. The summed E-state index contributed by atoms with van der Waals surface area (Å²) in [5.74, 6) is 0.634. The van der Waals surface area contributed by atoms with Crippen LogP contribution in [0.1, 0.15) is 135 Å². The normalized spacial score (nSPS) is 17.2. The molecule has 2 rings (SSSR count). The summed E-state index contributed by atoms with van der Waals surface area (Å²) in [5.41, 5.74) is 1.95. The lowest BCUT2D eigenvalue weighted by Crippen LogP contribution is -2.49. The van der Waals surface area contributed by atoms with Crippen LogP contribution in [-0.2, 0) is 9.47 Å². The molecule has 224 valence electrons. The molecule has 1 atom stereocenters. The molecule has 1 aromatic heterocycles. The van der Waals surface area contributed by atoms with E-state index in [0.29, 0.717) is 30.3 Å². The molecule has 1 aliphatic heterocycles. The van der Waals surface area contributed by atoms with Gasteiger partial charge in [-0.05, 0) is 12.8 Å². The second-order valence-electron chi connectivity index (χ2n) is 11.5. The first-order valence-electron chi connectivity index (χ1n) is 15.9. The van der Waals surface area contributed by atoms with Crippen LogP contribution in [0.3, 0.4) is 0 Å². The molecule has 8 heteroatoms. The van der Waals surface area contributed by atoms with E-state index in [-0.39, 0.29) is 0 Å². The van der Waals surface area contributed by atoms with Gasteiger partial charge in [-0.15, -0.1) is 4.37 Å². The summed E-state index contributed by atoms with van der Waals surface area (Å²) in [7, 11) is 2.11. The zero-order valence-electron chi connectivity index (χ0n) is 25.2. The maximum absolute atomic E-state index is 12.2. The predicted molar refractivity (Wildman–Crippen MR) is 161 cm³/mol. The number of unbranched alkanes of at least 4 members (excludes halogenated alkanes) is 15. The minimum Gasteiger partial charge on any atom is -0.475 e. The minimum atomic E-state index is -0.559. The largest absolute Gasteiger partial charge is 0.512 e. The molecule has 0 saturated carbocycles. The van der Waals surface area contributed by atoms with E-state index in [0.717, 1.165) is 50.0 Å². The number of aromatic nitrogens is 2. The number of carbonyl (C=O) groups excluding carboxylic acids is 1. The molecule has 0 aliphatic carbocycles. The Morgan fingerprint density at radius 3 is 2.00 bits per heavy atom. The van der Waals surface area contributed by atoms with Gasteiger partial charge in [0, 0.05) is 12.0 Å². The van der Waals surface area contributed by atoms with Crippen LogP contribution in [0.2, 0.25) is 0 Å². The zero-order chi connectivity index (χ0) is 28.0. The zero-order valence-corrected chi connectivity index (χ0v) is 26.0. The maximum Gasteiger partial charge on any atom is 0.512 e. The van der Waals surface area contributed by atoms with Crippen molar-refractivity contribution in [3.05, 3.63) is 11.8 Å². The Hall–Kier alpha value is -1.67. The summed E-state index contributed by atoms with van der Waals surface area (Å²) >= 11 is 1.19. The lowest BCUT2D eigenvalue weighted by atomic mass is 10.0. The predicted octanol–water partition coefficient (Wildman–Crippen LogP) is 8.93. The van der Waals surface area contributed by atoms with Gasteiger partial charge in [0.25, 0.3) is 5.88 Å². The fourth-order valence-corrected chi connectivity index (χ4v) is 5.61. The Bertz CT molecular complexity index is 801. The van der Waals surface area contributed by atoms with Crippen molar-refractivity contribution in [1.29, 1.82) is 0 Å². The fourth-order valence-electron chi connectivity index (χ4n) is 5.08. The third-order valence-electron chi connectivity index (χ3n) is 7.57. The van der Waals surface area contributed by atoms with E-state index in [1.54, 1.807) is 0 Å². The summed E-state index contributed by atoms with van der Waals surface area (Å²) in [6, 6.07) is 0. The average Bonchev–Trinajstić information content (AvgIpc) is 3.41. The maximum atomic E-state index is 12.2. The van der Waals surface area contributed by atoms with Crippen molar-refractivity contribution < 1.29 is 23.5 Å². The first-order chi connectivity index (χ1) is 19.1. The van der Waals surface area contributed by atoms with Crippen LogP contribution < -0.4 is 4.74 Å². The van der Waals surface area contributed by atoms with Crippen molar-refractivity contribution in [2.24, 2.45) is 0 Å². The molecule has 0 N–H and O–H groups in total. The molecule has 39 heavy (non-hydrogen) atoms. The van der Waals surface area contributed by atoms with E-state index in [1.165, 1.54) is 102 Å². The topological polar surface area (TPSA) is 70.5 Å². The molecule has 0 aromatic carbocycles. The Kier molecular flexibility index (Phi) is 18.2. The molecule has 7 nitrogen and oxygen atoms in total. The van der Waals surface area contributed by atoms with E-state index in [4.69, 9.17) is 14.2 Å².